The van der Waals surface area contributed by atoms with Crippen molar-refractivity contribution in [3.8, 4) is 34.5 Å². The second-order valence-electron chi connectivity index (χ2n) is 8.07. The lowest BCUT2D eigenvalue weighted by Gasteiger charge is -2.13. The molecule has 0 aliphatic heterocycles. The topological polar surface area (TPSA) is 66.6 Å². The van der Waals surface area contributed by atoms with E-state index in [9.17, 15) is 5.26 Å². The van der Waals surface area contributed by atoms with Crippen molar-refractivity contribution in [3.05, 3.63) is 93.6 Å². The van der Waals surface area contributed by atoms with Crippen molar-refractivity contribution in [1.82, 2.24) is 14.5 Å². The standard InChI is InChI=1S/C27H20Cl2N4O/c1-16-10-20(29)7-8-21(16)26-25-23(15-33(26)14-18-4-3-5-19(28)11-18)31-27(32-25)22-12-17(13-30)6-9-24(22)34-2/h3-12,15H,14H2,1-2H3,(H,31,32). The van der Waals surface area contributed by atoms with Crippen LogP contribution in [0.5, 0.6) is 5.75 Å². The zero-order valence-corrected chi connectivity index (χ0v) is 20.1. The van der Waals surface area contributed by atoms with Crippen molar-refractivity contribution < 1.29 is 4.74 Å². The molecule has 0 atom stereocenters. The molecule has 5 nitrogen and oxygen atoms in total. The van der Waals surface area contributed by atoms with E-state index >= 15 is 0 Å². The van der Waals surface area contributed by atoms with Gasteiger partial charge < -0.3 is 14.3 Å². The average Bonchev–Trinajstić information content (AvgIpc) is 3.37. The zero-order chi connectivity index (χ0) is 23.8. The van der Waals surface area contributed by atoms with E-state index < -0.39 is 0 Å². The lowest BCUT2D eigenvalue weighted by molar-refractivity contribution is 0.416. The maximum atomic E-state index is 9.37. The summed E-state index contributed by atoms with van der Waals surface area (Å²) in [5.41, 5.74) is 7.13. The largest absolute Gasteiger partial charge is 0.496 e. The Kier molecular flexibility index (Phi) is 5.79. The predicted octanol–water partition coefficient (Wildman–Crippen LogP) is 7.24. The fraction of sp³-hybridized carbons (Fsp3) is 0.111. The van der Waals surface area contributed by atoms with E-state index in [2.05, 4.69) is 27.9 Å². The number of rotatable bonds is 5. The Hall–Kier alpha value is -3.72. The fourth-order valence-corrected chi connectivity index (χ4v) is 4.68. The molecule has 5 aromatic rings. The Bertz CT molecular complexity index is 1580. The maximum Gasteiger partial charge on any atom is 0.142 e. The van der Waals surface area contributed by atoms with Gasteiger partial charge in [-0.05, 0) is 60.5 Å². The molecular formula is C27H20Cl2N4O. The summed E-state index contributed by atoms with van der Waals surface area (Å²) in [5.74, 6) is 1.29. The average molecular weight is 487 g/mol. The number of hydrogen-bond donors (Lipinski definition) is 1. The smallest absolute Gasteiger partial charge is 0.142 e. The lowest BCUT2D eigenvalue weighted by Crippen LogP contribution is -2.02. The number of halogens is 2. The van der Waals surface area contributed by atoms with Crippen molar-refractivity contribution in [1.29, 1.82) is 5.26 Å². The third-order valence-electron chi connectivity index (χ3n) is 5.80. The molecule has 0 bridgehead atoms. The Morgan fingerprint density at radius 1 is 1.03 bits per heavy atom. The summed E-state index contributed by atoms with van der Waals surface area (Å²) < 4.78 is 7.70. The third-order valence-corrected chi connectivity index (χ3v) is 6.27. The van der Waals surface area contributed by atoms with Crippen molar-refractivity contribution in [2.45, 2.75) is 13.5 Å². The number of ether oxygens (including phenoxy) is 1. The molecule has 0 saturated heterocycles. The third kappa shape index (κ3) is 4.03. The van der Waals surface area contributed by atoms with Crippen LogP contribution in [0.15, 0.2) is 66.9 Å². The minimum Gasteiger partial charge on any atom is -0.496 e. The molecule has 0 aliphatic carbocycles. The Morgan fingerprint density at radius 2 is 1.85 bits per heavy atom. The second kappa shape index (κ2) is 8.90. The second-order valence-corrected chi connectivity index (χ2v) is 8.94. The number of methoxy groups -OCH3 is 1. The van der Waals surface area contributed by atoms with Gasteiger partial charge in [-0.3, -0.25) is 0 Å². The number of nitrogens with one attached hydrogen (secondary N) is 1. The SMILES string of the molecule is COc1ccc(C#N)cc1-c1nc2c(-c3ccc(Cl)cc3C)n(Cc3cccc(Cl)c3)cc2[nH]1. The molecule has 168 valence electrons. The number of H-pyrrole nitrogens is 1. The molecular weight excluding hydrogens is 467 g/mol. The van der Waals surface area contributed by atoms with E-state index in [0.717, 1.165) is 39.0 Å². The van der Waals surface area contributed by atoms with Crippen LogP contribution in [-0.2, 0) is 6.54 Å². The first kappa shape index (κ1) is 22.1. The lowest BCUT2D eigenvalue weighted by atomic mass is 10.0. The molecule has 2 aromatic heterocycles. The van der Waals surface area contributed by atoms with Gasteiger partial charge in [0.2, 0.25) is 0 Å². The Balaban J connectivity index is 1.71. The summed E-state index contributed by atoms with van der Waals surface area (Å²) in [5, 5.41) is 10.8. The molecule has 0 aliphatic rings. The van der Waals surface area contributed by atoms with E-state index in [-0.39, 0.29) is 0 Å². The molecule has 2 heterocycles. The summed E-state index contributed by atoms with van der Waals surface area (Å²) in [6.45, 7) is 2.67. The summed E-state index contributed by atoms with van der Waals surface area (Å²) in [6, 6.07) is 21.2. The van der Waals surface area contributed by atoms with Gasteiger partial charge in [-0.1, -0.05) is 41.4 Å². The molecule has 0 saturated carbocycles. The summed E-state index contributed by atoms with van der Waals surface area (Å²) >= 11 is 12.5. The molecule has 0 fully saturated rings. The van der Waals surface area contributed by atoms with Crippen molar-refractivity contribution >= 4 is 34.2 Å². The van der Waals surface area contributed by atoms with Gasteiger partial charge in [0, 0.05) is 28.4 Å². The fourth-order valence-electron chi connectivity index (χ4n) is 4.24. The van der Waals surface area contributed by atoms with Gasteiger partial charge in [0.1, 0.15) is 17.1 Å². The van der Waals surface area contributed by atoms with Crippen LogP contribution in [0.1, 0.15) is 16.7 Å². The Morgan fingerprint density at radius 3 is 2.59 bits per heavy atom. The highest BCUT2D eigenvalue weighted by Crippen LogP contribution is 2.37. The van der Waals surface area contributed by atoms with Crippen LogP contribution >= 0.6 is 23.2 Å². The van der Waals surface area contributed by atoms with E-state index in [4.69, 9.17) is 32.9 Å². The number of benzene rings is 3. The molecule has 3 aromatic carbocycles. The van der Waals surface area contributed by atoms with Gasteiger partial charge in [0.15, 0.2) is 0 Å². The van der Waals surface area contributed by atoms with Crippen molar-refractivity contribution in [2.24, 2.45) is 0 Å². The molecule has 0 radical (unpaired) electrons. The first-order valence-corrected chi connectivity index (χ1v) is 11.4. The van der Waals surface area contributed by atoms with Crippen molar-refractivity contribution in [3.63, 3.8) is 0 Å². The molecule has 0 unspecified atom stereocenters. The monoisotopic (exact) mass is 486 g/mol. The highest BCUT2D eigenvalue weighted by atomic mass is 35.5. The van der Waals surface area contributed by atoms with Crippen LogP contribution < -0.4 is 4.74 Å². The normalized spacial score (nSPS) is 11.0. The summed E-state index contributed by atoms with van der Waals surface area (Å²) in [4.78, 5) is 8.38. The van der Waals surface area contributed by atoms with Crippen LogP contribution in [0.3, 0.4) is 0 Å². The van der Waals surface area contributed by atoms with Gasteiger partial charge in [-0.25, -0.2) is 4.98 Å². The van der Waals surface area contributed by atoms with Gasteiger partial charge in [0.25, 0.3) is 0 Å². The first-order chi connectivity index (χ1) is 16.5. The molecule has 5 rings (SSSR count). The van der Waals surface area contributed by atoms with Crippen LogP contribution in [0.2, 0.25) is 10.0 Å². The van der Waals surface area contributed by atoms with Gasteiger partial charge >= 0.3 is 0 Å². The van der Waals surface area contributed by atoms with E-state index in [0.29, 0.717) is 33.7 Å². The van der Waals surface area contributed by atoms with E-state index in [1.54, 1.807) is 25.3 Å². The molecule has 34 heavy (non-hydrogen) atoms. The quantitative estimate of drug-likeness (QED) is 0.284. The summed E-state index contributed by atoms with van der Waals surface area (Å²) in [6.07, 6.45) is 2.05. The number of nitriles is 1. The van der Waals surface area contributed by atoms with Crippen LogP contribution in [0.4, 0.5) is 0 Å². The zero-order valence-electron chi connectivity index (χ0n) is 18.6. The number of imidazole rings is 1. The van der Waals surface area contributed by atoms with Gasteiger partial charge in [-0.2, -0.15) is 5.26 Å². The number of aromatic nitrogens is 3. The summed E-state index contributed by atoms with van der Waals surface area (Å²) in [7, 11) is 1.61. The highest BCUT2D eigenvalue weighted by Gasteiger charge is 2.20. The number of hydrogen-bond acceptors (Lipinski definition) is 3. The van der Waals surface area contributed by atoms with E-state index in [1.807, 2.05) is 43.3 Å². The van der Waals surface area contributed by atoms with E-state index in [1.165, 1.54) is 0 Å². The molecule has 0 amide bonds. The Labute approximate surface area is 207 Å². The highest BCUT2D eigenvalue weighted by molar-refractivity contribution is 6.31. The minimum absolute atomic E-state index is 0.539. The molecule has 1 N–H and O–H groups in total. The number of nitrogens with zero attached hydrogens (tertiary/aromatic N) is 3. The van der Waals surface area contributed by atoms with Crippen LogP contribution in [-0.4, -0.2) is 21.6 Å². The van der Waals surface area contributed by atoms with Gasteiger partial charge in [-0.15, -0.1) is 0 Å². The number of aryl methyl sites for hydroxylation is 1. The number of aromatic amines is 1. The predicted molar refractivity (Wildman–Crippen MR) is 137 cm³/mol. The number of fused-ring (bicyclic) bond motifs is 1. The van der Waals surface area contributed by atoms with Crippen LogP contribution in [0, 0.1) is 18.3 Å². The molecule has 7 heteroatoms. The van der Waals surface area contributed by atoms with Gasteiger partial charge in [0.05, 0.1) is 35.5 Å². The minimum atomic E-state index is 0.539. The first-order valence-electron chi connectivity index (χ1n) is 10.6. The van der Waals surface area contributed by atoms with Crippen molar-refractivity contribution in [2.75, 3.05) is 7.11 Å². The molecule has 0 spiro atoms. The van der Waals surface area contributed by atoms with Crippen LogP contribution in [0.25, 0.3) is 33.7 Å². The maximum absolute atomic E-state index is 9.37.